The zero-order valence-electron chi connectivity index (χ0n) is 11.5. The number of hydrogen-bond acceptors (Lipinski definition) is 6. The maximum Gasteiger partial charge on any atom is 0.174 e. The van der Waals surface area contributed by atoms with Crippen LogP contribution in [0.3, 0.4) is 0 Å². The van der Waals surface area contributed by atoms with Crippen LogP contribution in [0.2, 0.25) is 0 Å². The molecule has 0 aromatic carbocycles. The van der Waals surface area contributed by atoms with Gasteiger partial charge in [-0.3, -0.25) is 4.79 Å². The fourth-order valence-electron chi connectivity index (χ4n) is 2.30. The Morgan fingerprint density at radius 1 is 1.42 bits per heavy atom. The van der Waals surface area contributed by atoms with Gasteiger partial charge in [0.05, 0.1) is 15.6 Å². The van der Waals surface area contributed by atoms with Gasteiger partial charge >= 0.3 is 0 Å². The Balaban J connectivity index is 2.17. The number of Topliss-reactive ketones (excluding diaryl/α,β-unsaturated/α-hetero) is 1. The predicted octanol–water partition coefficient (Wildman–Crippen LogP) is 1.77. The Kier molecular flexibility index (Phi) is 4.44. The molecule has 1 aromatic rings. The number of rotatable bonds is 5. The number of nitrogen functional groups attached to an aromatic ring is 1. The van der Waals surface area contributed by atoms with E-state index in [1.165, 1.54) is 11.3 Å². The molecule has 6 heteroatoms. The van der Waals surface area contributed by atoms with Crippen molar-refractivity contribution in [3.05, 3.63) is 10.9 Å². The zero-order valence-corrected chi connectivity index (χ0v) is 12.3. The van der Waals surface area contributed by atoms with E-state index >= 15 is 0 Å². The Morgan fingerprint density at radius 2 is 2.00 bits per heavy atom. The highest BCUT2D eigenvalue weighted by atomic mass is 32.1. The first-order valence-corrected chi connectivity index (χ1v) is 7.15. The largest absolute Gasteiger partial charge is 0.397 e. The average Bonchev–Trinajstić information content (AvgIpc) is 3.00. The minimum absolute atomic E-state index is 0.0543. The van der Waals surface area contributed by atoms with E-state index in [4.69, 9.17) is 15.2 Å². The number of nitrogens with zero attached hydrogens (tertiary/aromatic N) is 1. The number of methoxy groups -OCH3 is 2. The van der Waals surface area contributed by atoms with E-state index in [1.807, 2.05) is 13.0 Å². The number of ketones is 1. The van der Waals surface area contributed by atoms with Gasteiger partial charge in [0.25, 0.3) is 0 Å². The van der Waals surface area contributed by atoms with Crippen LogP contribution in [0.15, 0.2) is 6.07 Å². The van der Waals surface area contributed by atoms with Gasteiger partial charge in [0.15, 0.2) is 5.78 Å². The van der Waals surface area contributed by atoms with Gasteiger partial charge in [-0.15, -0.1) is 11.3 Å². The van der Waals surface area contributed by atoms with Crippen LogP contribution in [0.5, 0.6) is 0 Å². The fourth-order valence-corrected chi connectivity index (χ4v) is 3.41. The number of nitrogens with two attached hydrogens (primary N) is 1. The molecule has 106 valence electrons. The van der Waals surface area contributed by atoms with Crippen molar-refractivity contribution in [3.63, 3.8) is 0 Å². The van der Waals surface area contributed by atoms with Crippen LogP contribution in [-0.2, 0) is 9.47 Å². The molecule has 0 aliphatic carbocycles. The van der Waals surface area contributed by atoms with Crippen molar-refractivity contribution in [1.29, 1.82) is 0 Å². The van der Waals surface area contributed by atoms with Crippen molar-refractivity contribution in [2.45, 2.75) is 25.6 Å². The van der Waals surface area contributed by atoms with Crippen molar-refractivity contribution in [2.75, 3.05) is 37.9 Å². The number of carbonyl (C=O) groups excluding carboxylic acids is 1. The van der Waals surface area contributed by atoms with Gasteiger partial charge < -0.3 is 20.1 Å². The van der Waals surface area contributed by atoms with E-state index in [-0.39, 0.29) is 18.0 Å². The summed E-state index contributed by atoms with van der Waals surface area (Å²) in [5.74, 6) is 0.0968. The van der Waals surface area contributed by atoms with Gasteiger partial charge in [-0.05, 0) is 6.07 Å². The molecule has 0 radical (unpaired) electrons. The Bertz CT molecular complexity index is 449. The highest BCUT2D eigenvalue weighted by Crippen LogP contribution is 2.35. The second-order valence-electron chi connectivity index (χ2n) is 4.60. The maximum atomic E-state index is 11.8. The minimum Gasteiger partial charge on any atom is -0.397 e. The van der Waals surface area contributed by atoms with Gasteiger partial charge in [-0.2, -0.15) is 0 Å². The Hall–Kier alpha value is -1.11. The molecule has 0 spiro atoms. The van der Waals surface area contributed by atoms with Crippen molar-refractivity contribution in [2.24, 2.45) is 0 Å². The smallest absolute Gasteiger partial charge is 0.174 e. The second kappa shape index (κ2) is 5.90. The molecule has 2 N–H and O–H groups in total. The molecule has 0 amide bonds. The summed E-state index contributed by atoms with van der Waals surface area (Å²) in [6, 6.07) is 1.87. The van der Waals surface area contributed by atoms with E-state index in [9.17, 15) is 4.79 Å². The van der Waals surface area contributed by atoms with E-state index < -0.39 is 0 Å². The fraction of sp³-hybridized carbons (Fsp3) is 0.615. The van der Waals surface area contributed by atoms with Crippen molar-refractivity contribution in [1.82, 2.24) is 0 Å². The molecular weight excluding hydrogens is 264 g/mol. The lowest BCUT2D eigenvalue weighted by atomic mass is 10.2. The first kappa shape index (κ1) is 14.3. The summed E-state index contributed by atoms with van der Waals surface area (Å²) in [7, 11) is 3.38. The van der Waals surface area contributed by atoms with Gasteiger partial charge in [-0.25, -0.2) is 0 Å². The van der Waals surface area contributed by atoms with E-state index in [0.29, 0.717) is 17.0 Å². The Morgan fingerprint density at radius 3 is 2.47 bits per heavy atom. The van der Waals surface area contributed by atoms with Crippen LogP contribution in [0.4, 0.5) is 10.7 Å². The molecule has 19 heavy (non-hydrogen) atoms. The van der Waals surface area contributed by atoms with Gasteiger partial charge in [0, 0.05) is 33.7 Å². The molecule has 2 rings (SSSR count). The topological polar surface area (TPSA) is 64.8 Å². The highest BCUT2D eigenvalue weighted by Gasteiger charge is 2.34. The first-order valence-electron chi connectivity index (χ1n) is 6.33. The predicted molar refractivity (Wildman–Crippen MR) is 77.2 cm³/mol. The lowest BCUT2D eigenvalue weighted by molar-refractivity contribution is -0.00461. The van der Waals surface area contributed by atoms with Crippen LogP contribution in [-0.4, -0.2) is 45.3 Å². The lowest BCUT2D eigenvalue weighted by Gasteiger charge is -2.14. The maximum absolute atomic E-state index is 11.8. The summed E-state index contributed by atoms with van der Waals surface area (Å²) in [4.78, 5) is 14.6. The first-order chi connectivity index (χ1) is 9.10. The number of ether oxygens (including phenoxy) is 2. The Labute approximate surface area is 117 Å². The third-order valence-corrected chi connectivity index (χ3v) is 4.71. The molecule has 1 aromatic heterocycles. The molecule has 5 nitrogen and oxygen atoms in total. The van der Waals surface area contributed by atoms with E-state index in [1.54, 1.807) is 14.2 Å². The van der Waals surface area contributed by atoms with Crippen molar-refractivity contribution < 1.29 is 14.3 Å². The summed E-state index contributed by atoms with van der Waals surface area (Å²) in [5, 5.41) is 1.01. The van der Waals surface area contributed by atoms with Crippen LogP contribution >= 0.6 is 11.3 Å². The third kappa shape index (κ3) is 2.75. The van der Waals surface area contributed by atoms with Gasteiger partial charge in [0.1, 0.15) is 12.2 Å². The summed E-state index contributed by atoms with van der Waals surface area (Å²) in [6.45, 7) is 3.36. The third-order valence-electron chi connectivity index (χ3n) is 3.45. The lowest BCUT2D eigenvalue weighted by Crippen LogP contribution is -2.27. The molecule has 2 atom stereocenters. The molecule has 2 unspecified atom stereocenters. The SMILES string of the molecule is CCC(=O)c1sc(N2CC(OC)C(OC)C2)cc1N. The molecule has 2 heterocycles. The molecule has 0 saturated carbocycles. The number of hydrogen-bond donors (Lipinski definition) is 1. The summed E-state index contributed by atoms with van der Waals surface area (Å²) >= 11 is 1.45. The standard InChI is InChI=1S/C13H20N2O3S/c1-4-9(16)13-8(14)5-12(19-13)15-6-10(17-2)11(7-15)18-3/h5,10-11H,4,6-7,14H2,1-3H3. The van der Waals surface area contributed by atoms with Crippen LogP contribution in [0.1, 0.15) is 23.0 Å². The minimum atomic E-state index is 0.0543. The van der Waals surface area contributed by atoms with E-state index in [2.05, 4.69) is 4.90 Å². The molecule has 0 bridgehead atoms. The van der Waals surface area contributed by atoms with Gasteiger partial charge in [0.2, 0.25) is 0 Å². The molecule has 1 fully saturated rings. The number of thiophene rings is 1. The summed E-state index contributed by atoms with van der Waals surface area (Å²) in [5.41, 5.74) is 6.49. The number of carbonyl (C=O) groups is 1. The average molecular weight is 284 g/mol. The van der Waals surface area contributed by atoms with Gasteiger partial charge in [-0.1, -0.05) is 6.92 Å². The number of anilines is 2. The molecule has 1 aliphatic heterocycles. The van der Waals surface area contributed by atoms with Crippen molar-refractivity contribution in [3.8, 4) is 0 Å². The van der Waals surface area contributed by atoms with Crippen molar-refractivity contribution >= 4 is 27.8 Å². The summed E-state index contributed by atoms with van der Waals surface area (Å²) in [6.07, 6.45) is 0.586. The van der Waals surface area contributed by atoms with Crippen LogP contribution in [0.25, 0.3) is 0 Å². The molecule has 1 saturated heterocycles. The van der Waals surface area contributed by atoms with Crippen LogP contribution < -0.4 is 10.6 Å². The monoisotopic (exact) mass is 284 g/mol. The summed E-state index contributed by atoms with van der Waals surface area (Å²) < 4.78 is 10.8. The zero-order chi connectivity index (χ0) is 14.0. The second-order valence-corrected chi connectivity index (χ2v) is 5.63. The van der Waals surface area contributed by atoms with E-state index in [0.717, 1.165) is 18.1 Å². The molecule has 1 aliphatic rings. The quantitative estimate of drug-likeness (QED) is 0.835. The highest BCUT2D eigenvalue weighted by molar-refractivity contribution is 7.18. The van der Waals surface area contributed by atoms with Crippen LogP contribution in [0, 0.1) is 0 Å². The molecular formula is C13H20N2O3S. The normalized spacial score (nSPS) is 23.0.